The molecular weight excluding hydrogens is 564 g/mol. The number of amides is 3. The number of esters is 1. The lowest BCUT2D eigenvalue weighted by Crippen LogP contribution is -2.36. The molecule has 1 heterocycles. The largest absolute Gasteiger partial charge is 0.495 e. The van der Waals surface area contributed by atoms with E-state index in [2.05, 4.69) is 21.2 Å². The molecule has 1 fully saturated rings. The lowest BCUT2D eigenvalue weighted by molar-refractivity contribution is -0.145. The first-order chi connectivity index (χ1) is 16.7. The number of carbonyl (C=O) groups excluding carboxylic acids is 4. The summed E-state index contributed by atoms with van der Waals surface area (Å²) >= 11 is 10.1. The zero-order chi connectivity index (χ0) is 25.5. The van der Waals surface area contributed by atoms with E-state index in [-0.39, 0.29) is 18.1 Å². The van der Waals surface area contributed by atoms with Gasteiger partial charge in [0.1, 0.15) is 18.0 Å². The number of carbonyl (C=O) groups is 4. The molecule has 0 bridgehead atoms. The fourth-order valence-electron chi connectivity index (χ4n) is 2.97. The molecule has 2 aromatic rings. The predicted molar refractivity (Wildman–Crippen MR) is 136 cm³/mol. The van der Waals surface area contributed by atoms with Gasteiger partial charge in [-0.3, -0.25) is 19.3 Å². The van der Waals surface area contributed by atoms with Crippen molar-refractivity contribution in [3.8, 4) is 11.5 Å². The normalized spacial score (nSPS) is 14.3. The van der Waals surface area contributed by atoms with Crippen molar-refractivity contribution in [3.05, 3.63) is 56.4 Å². The summed E-state index contributed by atoms with van der Waals surface area (Å²) in [6.07, 6.45) is 1.47. The van der Waals surface area contributed by atoms with Crippen molar-refractivity contribution < 1.29 is 33.4 Å². The van der Waals surface area contributed by atoms with Crippen LogP contribution in [0.2, 0.25) is 5.02 Å². The van der Waals surface area contributed by atoms with Gasteiger partial charge in [0.05, 0.1) is 23.6 Å². The zero-order valence-electron chi connectivity index (χ0n) is 18.6. The second-order valence-corrected chi connectivity index (χ2v) is 9.26. The average molecular weight is 584 g/mol. The summed E-state index contributed by atoms with van der Waals surface area (Å²) in [6.45, 7) is 1.12. The molecule has 3 amide bonds. The first-order valence-electron chi connectivity index (χ1n) is 10.2. The number of nitrogens with zero attached hydrogens (tertiary/aromatic N) is 1. The van der Waals surface area contributed by atoms with Gasteiger partial charge in [0.2, 0.25) is 5.91 Å². The number of methoxy groups -OCH3 is 1. The maximum atomic E-state index is 12.9. The van der Waals surface area contributed by atoms with Crippen molar-refractivity contribution in [3.63, 3.8) is 0 Å². The molecular formula is C23H20BrClN2O7S. The molecule has 1 aliphatic heterocycles. The maximum absolute atomic E-state index is 12.9. The minimum Gasteiger partial charge on any atom is -0.495 e. The van der Waals surface area contributed by atoms with Crippen LogP contribution in [0.5, 0.6) is 11.5 Å². The van der Waals surface area contributed by atoms with Gasteiger partial charge in [0.15, 0.2) is 6.61 Å². The van der Waals surface area contributed by atoms with Crippen molar-refractivity contribution >= 4 is 74.1 Å². The van der Waals surface area contributed by atoms with Crippen LogP contribution >= 0.6 is 39.3 Å². The molecule has 0 spiro atoms. The molecule has 9 nitrogen and oxygen atoms in total. The highest BCUT2D eigenvalue weighted by atomic mass is 79.9. The summed E-state index contributed by atoms with van der Waals surface area (Å²) in [5.74, 6) is -0.971. The van der Waals surface area contributed by atoms with Gasteiger partial charge in [0.25, 0.3) is 11.1 Å². The van der Waals surface area contributed by atoms with Crippen molar-refractivity contribution in [2.45, 2.75) is 6.92 Å². The number of ether oxygens (including phenoxy) is 3. The summed E-state index contributed by atoms with van der Waals surface area (Å²) < 4.78 is 16.1. The number of nitrogens with one attached hydrogen (secondary N) is 1. The monoisotopic (exact) mass is 582 g/mol. The Hall–Kier alpha value is -3.02. The van der Waals surface area contributed by atoms with E-state index in [1.807, 2.05) is 0 Å². The minimum atomic E-state index is -0.626. The summed E-state index contributed by atoms with van der Waals surface area (Å²) in [4.78, 5) is 50.4. The number of hydrogen-bond acceptors (Lipinski definition) is 8. The Morgan fingerprint density at radius 3 is 2.60 bits per heavy atom. The van der Waals surface area contributed by atoms with E-state index < -0.39 is 29.6 Å². The van der Waals surface area contributed by atoms with Gasteiger partial charge < -0.3 is 19.5 Å². The number of halogens is 2. The summed E-state index contributed by atoms with van der Waals surface area (Å²) in [5, 5.41) is 2.31. The number of anilines is 1. The standard InChI is InChI=1S/C23H20BrClN2O7S/c1-3-33-21(29)12-34-17-6-4-14(24)8-13(17)9-19-22(30)27(23(31)35-19)11-20(28)26-15-5-7-18(32-2)16(25)10-15/h4-10H,3,11-12H2,1-2H3,(H,26,28)/b19-9+. The number of benzene rings is 2. The van der Waals surface area contributed by atoms with Crippen LogP contribution < -0.4 is 14.8 Å². The SMILES string of the molecule is CCOC(=O)COc1ccc(Br)cc1/C=C1/SC(=O)N(CC(=O)Nc2ccc(OC)c(Cl)c2)C1=O. The third-order valence-corrected chi connectivity index (χ3v) is 6.22. The Morgan fingerprint density at radius 2 is 1.91 bits per heavy atom. The van der Waals surface area contributed by atoms with Gasteiger partial charge in [-0.15, -0.1) is 0 Å². The molecule has 1 N–H and O–H groups in total. The molecule has 2 aromatic carbocycles. The third kappa shape index (κ3) is 7.00. The van der Waals surface area contributed by atoms with Crippen LogP contribution in [-0.4, -0.2) is 54.8 Å². The average Bonchev–Trinajstić information content (AvgIpc) is 3.06. The van der Waals surface area contributed by atoms with Gasteiger partial charge in [-0.25, -0.2) is 4.79 Å². The van der Waals surface area contributed by atoms with E-state index in [1.165, 1.54) is 19.3 Å². The smallest absolute Gasteiger partial charge is 0.344 e. The zero-order valence-corrected chi connectivity index (χ0v) is 21.8. The lowest BCUT2D eigenvalue weighted by Gasteiger charge is -2.13. The van der Waals surface area contributed by atoms with Crippen molar-refractivity contribution in [1.82, 2.24) is 4.90 Å². The van der Waals surface area contributed by atoms with Crippen LogP contribution in [0.25, 0.3) is 6.08 Å². The summed E-state index contributed by atoms with van der Waals surface area (Å²) in [7, 11) is 1.47. The Balaban J connectivity index is 1.72. The Kier molecular flexibility index (Phi) is 9.19. The molecule has 35 heavy (non-hydrogen) atoms. The topological polar surface area (TPSA) is 111 Å². The molecule has 0 unspecified atom stereocenters. The lowest BCUT2D eigenvalue weighted by atomic mass is 10.2. The maximum Gasteiger partial charge on any atom is 0.344 e. The Morgan fingerprint density at radius 1 is 1.17 bits per heavy atom. The van der Waals surface area contributed by atoms with Gasteiger partial charge in [0, 0.05) is 15.7 Å². The second kappa shape index (κ2) is 12.1. The molecule has 3 rings (SSSR count). The van der Waals surface area contributed by atoms with E-state index in [1.54, 1.807) is 37.3 Å². The van der Waals surface area contributed by atoms with Crippen LogP contribution in [0, 0.1) is 0 Å². The van der Waals surface area contributed by atoms with Crippen molar-refractivity contribution in [2.75, 3.05) is 32.2 Å². The van der Waals surface area contributed by atoms with Crippen LogP contribution in [0.15, 0.2) is 45.8 Å². The first-order valence-corrected chi connectivity index (χ1v) is 12.2. The van der Waals surface area contributed by atoms with Crippen LogP contribution in [-0.2, 0) is 19.1 Å². The van der Waals surface area contributed by atoms with Gasteiger partial charge in [-0.2, -0.15) is 0 Å². The fourth-order valence-corrected chi connectivity index (χ4v) is 4.43. The number of thioether (sulfide) groups is 1. The van der Waals surface area contributed by atoms with E-state index >= 15 is 0 Å². The van der Waals surface area contributed by atoms with Crippen molar-refractivity contribution in [1.29, 1.82) is 0 Å². The fraction of sp³-hybridized carbons (Fsp3) is 0.217. The highest BCUT2D eigenvalue weighted by molar-refractivity contribution is 9.10. The molecule has 1 saturated heterocycles. The first kappa shape index (κ1) is 26.6. The molecule has 1 aliphatic rings. The van der Waals surface area contributed by atoms with Crippen LogP contribution in [0.4, 0.5) is 10.5 Å². The highest BCUT2D eigenvalue weighted by Crippen LogP contribution is 2.35. The minimum absolute atomic E-state index is 0.106. The highest BCUT2D eigenvalue weighted by Gasteiger charge is 2.36. The third-order valence-electron chi connectivity index (χ3n) is 4.52. The Labute approximate surface area is 218 Å². The molecule has 0 atom stereocenters. The second-order valence-electron chi connectivity index (χ2n) is 6.94. The van der Waals surface area contributed by atoms with Gasteiger partial charge in [-0.1, -0.05) is 27.5 Å². The van der Waals surface area contributed by atoms with Crippen LogP contribution in [0.1, 0.15) is 12.5 Å². The molecule has 12 heteroatoms. The summed E-state index contributed by atoms with van der Waals surface area (Å²) in [5.41, 5.74) is 0.854. The van der Waals surface area contributed by atoms with Crippen LogP contribution in [0.3, 0.4) is 0 Å². The molecule has 0 saturated carbocycles. The number of imide groups is 1. The van der Waals surface area contributed by atoms with E-state index in [4.69, 9.17) is 25.8 Å². The van der Waals surface area contributed by atoms with Crippen molar-refractivity contribution in [2.24, 2.45) is 0 Å². The summed E-state index contributed by atoms with van der Waals surface area (Å²) in [6, 6.07) is 9.67. The van der Waals surface area contributed by atoms with E-state index in [0.717, 1.165) is 4.90 Å². The number of hydrogen-bond donors (Lipinski definition) is 1. The van der Waals surface area contributed by atoms with Gasteiger partial charge in [-0.05, 0) is 61.2 Å². The van der Waals surface area contributed by atoms with Gasteiger partial charge >= 0.3 is 5.97 Å². The molecule has 184 valence electrons. The quantitative estimate of drug-likeness (QED) is 0.333. The van der Waals surface area contributed by atoms with E-state index in [9.17, 15) is 19.2 Å². The predicted octanol–water partition coefficient (Wildman–Crippen LogP) is 4.73. The molecule has 0 radical (unpaired) electrons. The Bertz CT molecular complexity index is 1200. The molecule has 0 aromatic heterocycles. The number of rotatable bonds is 9. The molecule has 0 aliphatic carbocycles. The van der Waals surface area contributed by atoms with E-state index in [0.29, 0.717) is 44.0 Å².